The Bertz CT molecular complexity index is 1270. The molecule has 3 nitrogen and oxygen atoms in total. The van der Waals surface area contributed by atoms with Crippen LogP contribution >= 0.6 is 23.4 Å². The van der Waals surface area contributed by atoms with E-state index in [1.807, 2.05) is 32.5 Å². The molecule has 0 amide bonds. The molecule has 178 valence electrons. The number of benzene rings is 3. The van der Waals surface area contributed by atoms with Crippen molar-refractivity contribution in [3.05, 3.63) is 82.4 Å². The highest BCUT2D eigenvalue weighted by atomic mass is 35.5. The van der Waals surface area contributed by atoms with E-state index in [9.17, 15) is 9.50 Å². The number of nitrogens with zero attached hydrogens (tertiary/aromatic N) is 1. The van der Waals surface area contributed by atoms with Crippen LogP contribution in [0.3, 0.4) is 0 Å². The maximum atomic E-state index is 14.5. The molecule has 1 unspecified atom stereocenters. The number of fused-ring (bicyclic) bond motifs is 1. The largest absolute Gasteiger partial charge is 0.395 e. The van der Waals surface area contributed by atoms with E-state index in [-0.39, 0.29) is 18.3 Å². The van der Waals surface area contributed by atoms with Crippen LogP contribution in [0.15, 0.2) is 59.5 Å². The Morgan fingerprint density at radius 3 is 2.50 bits per heavy atom. The first-order chi connectivity index (χ1) is 16.5. The van der Waals surface area contributed by atoms with Crippen LogP contribution < -0.4 is 0 Å². The van der Waals surface area contributed by atoms with Gasteiger partial charge in [0.15, 0.2) is 0 Å². The highest BCUT2D eigenvalue weighted by Crippen LogP contribution is 2.38. The van der Waals surface area contributed by atoms with Crippen molar-refractivity contribution in [2.45, 2.75) is 44.4 Å². The van der Waals surface area contributed by atoms with Crippen LogP contribution in [0.5, 0.6) is 0 Å². The topological polar surface area (TPSA) is 48.9 Å². The summed E-state index contributed by atoms with van der Waals surface area (Å²) in [7, 11) is 0. The average molecular weight is 497 g/mol. The highest BCUT2D eigenvalue weighted by Gasteiger charge is 2.23. The first kappa shape index (κ1) is 24.8. The summed E-state index contributed by atoms with van der Waals surface area (Å²) < 4.78 is 14.5. The molecule has 3 aromatic carbocycles. The smallest absolute Gasteiger partial charge is 0.131 e. The zero-order chi connectivity index (χ0) is 24.2. The molecule has 0 spiro atoms. The summed E-state index contributed by atoms with van der Waals surface area (Å²) in [6.07, 6.45) is 2.71. The van der Waals surface area contributed by atoms with Crippen molar-refractivity contribution in [2.75, 3.05) is 12.4 Å². The Morgan fingerprint density at radius 2 is 1.85 bits per heavy atom. The van der Waals surface area contributed by atoms with E-state index >= 15 is 0 Å². The molecule has 4 aromatic rings. The number of aromatic nitrogens is 2. The van der Waals surface area contributed by atoms with Crippen molar-refractivity contribution in [1.29, 1.82) is 0 Å². The van der Waals surface area contributed by atoms with Gasteiger partial charge in [0.25, 0.3) is 0 Å². The molecule has 1 aliphatic carbocycles. The van der Waals surface area contributed by atoms with Gasteiger partial charge in [-0.3, -0.25) is 0 Å². The average Bonchev–Trinajstić information content (AvgIpc) is 3.59. The predicted molar refractivity (Wildman–Crippen MR) is 141 cm³/mol. The van der Waals surface area contributed by atoms with Gasteiger partial charge in [-0.2, -0.15) is 0 Å². The fourth-order valence-electron chi connectivity index (χ4n) is 4.10. The van der Waals surface area contributed by atoms with Crippen LogP contribution in [0.4, 0.5) is 4.39 Å². The molecule has 2 N–H and O–H groups in total. The SMILES string of the molecule is CC.Cc1c(-c2ccccc2F)c(Cl)cc2[nH]c(C(CO)c3ccc(SCC4CC4)cc3)nc12. The van der Waals surface area contributed by atoms with Gasteiger partial charge in [0.2, 0.25) is 0 Å². The van der Waals surface area contributed by atoms with Crippen LogP contribution in [-0.4, -0.2) is 27.4 Å². The minimum absolute atomic E-state index is 0.0681. The van der Waals surface area contributed by atoms with Gasteiger partial charge < -0.3 is 10.1 Å². The highest BCUT2D eigenvalue weighted by molar-refractivity contribution is 7.99. The van der Waals surface area contributed by atoms with E-state index in [1.54, 1.807) is 24.3 Å². The van der Waals surface area contributed by atoms with E-state index in [0.29, 0.717) is 22.0 Å². The van der Waals surface area contributed by atoms with Crippen LogP contribution in [-0.2, 0) is 0 Å². The molecule has 1 aromatic heterocycles. The molecule has 5 rings (SSSR count). The predicted octanol–water partition coefficient (Wildman–Crippen LogP) is 7.98. The number of nitrogens with one attached hydrogen (secondary N) is 1. The van der Waals surface area contributed by atoms with E-state index < -0.39 is 0 Å². The fraction of sp³-hybridized carbons (Fsp3) is 0.321. The molecular formula is C28H30ClFN2OS. The number of aromatic amines is 1. The molecule has 0 bridgehead atoms. The number of halogens is 2. The Morgan fingerprint density at radius 1 is 1.15 bits per heavy atom. The summed E-state index contributed by atoms with van der Waals surface area (Å²) in [5.41, 5.74) is 4.42. The zero-order valence-corrected chi connectivity index (χ0v) is 21.3. The van der Waals surface area contributed by atoms with E-state index in [4.69, 9.17) is 16.6 Å². The standard InChI is InChI=1S/C26H24ClFN2OS.C2H6/c1-15-24(19-4-2-3-5-22(19)28)21(27)12-23-25(15)30-26(29-23)20(13-31)17-8-10-18(11-9-17)32-14-16-6-7-16;1-2/h2-5,8-12,16,20,31H,6-7,13-14H2,1H3,(H,29,30);1-2H3. The fourth-order valence-corrected chi connectivity index (χ4v) is 5.54. The third-order valence-electron chi connectivity index (χ3n) is 6.11. The Labute approximate surface area is 209 Å². The maximum Gasteiger partial charge on any atom is 0.131 e. The lowest BCUT2D eigenvalue weighted by molar-refractivity contribution is 0.277. The number of hydrogen-bond acceptors (Lipinski definition) is 3. The second-order valence-electron chi connectivity index (χ2n) is 8.42. The first-order valence-corrected chi connectivity index (χ1v) is 13.2. The third kappa shape index (κ3) is 5.17. The second-order valence-corrected chi connectivity index (χ2v) is 9.92. The van der Waals surface area contributed by atoms with Crippen molar-refractivity contribution in [3.8, 4) is 11.1 Å². The summed E-state index contributed by atoms with van der Waals surface area (Å²) in [6, 6.07) is 16.8. The van der Waals surface area contributed by atoms with Crippen LogP contribution in [0.25, 0.3) is 22.2 Å². The number of rotatable bonds is 7. The summed E-state index contributed by atoms with van der Waals surface area (Å²) in [6.45, 7) is 5.84. The van der Waals surface area contributed by atoms with Crippen LogP contribution in [0, 0.1) is 18.7 Å². The van der Waals surface area contributed by atoms with Gasteiger partial charge in [-0.05, 0) is 61.1 Å². The van der Waals surface area contributed by atoms with Crippen molar-refractivity contribution < 1.29 is 9.50 Å². The summed E-state index contributed by atoms with van der Waals surface area (Å²) in [4.78, 5) is 9.38. The summed E-state index contributed by atoms with van der Waals surface area (Å²) in [5.74, 6) is 2.13. The van der Waals surface area contributed by atoms with E-state index in [1.165, 1.54) is 29.6 Å². The lowest BCUT2D eigenvalue weighted by Gasteiger charge is -2.12. The van der Waals surface area contributed by atoms with Crippen LogP contribution in [0.1, 0.15) is 49.6 Å². The molecule has 1 saturated carbocycles. The van der Waals surface area contributed by atoms with E-state index in [0.717, 1.165) is 28.1 Å². The van der Waals surface area contributed by atoms with Crippen molar-refractivity contribution in [3.63, 3.8) is 0 Å². The molecule has 0 radical (unpaired) electrons. The van der Waals surface area contributed by atoms with Gasteiger partial charge in [-0.1, -0.05) is 55.8 Å². The monoisotopic (exact) mass is 496 g/mol. The summed E-state index contributed by atoms with van der Waals surface area (Å²) in [5, 5.41) is 10.6. The van der Waals surface area contributed by atoms with Gasteiger partial charge in [0, 0.05) is 21.8 Å². The van der Waals surface area contributed by atoms with Gasteiger partial charge >= 0.3 is 0 Å². The van der Waals surface area contributed by atoms with Gasteiger partial charge in [-0.25, -0.2) is 9.37 Å². The van der Waals surface area contributed by atoms with Crippen molar-refractivity contribution in [1.82, 2.24) is 9.97 Å². The number of aryl methyl sites for hydroxylation is 1. The lowest BCUT2D eigenvalue weighted by atomic mass is 9.98. The molecule has 34 heavy (non-hydrogen) atoms. The second kappa shape index (κ2) is 10.9. The normalized spacial score (nSPS) is 14.1. The Hall–Kier alpha value is -2.34. The molecule has 1 aliphatic rings. The first-order valence-electron chi connectivity index (χ1n) is 11.8. The van der Waals surface area contributed by atoms with Gasteiger partial charge in [0.1, 0.15) is 11.6 Å². The Balaban J connectivity index is 0.00000133. The molecule has 6 heteroatoms. The van der Waals surface area contributed by atoms with Crippen molar-refractivity contribution >= 4 is 34.4 Å². The lowest BCUT2D eigenvalue weighted by Crippen LogP contribution is -2.08. The number of hydrogen-bond donors (Lipinski definition) is 2. The number of thioether (sulfide) groups is 1. The number of aliphatic hydroxyl groups is 1. The quantitative estimate of drug-likeness (QED) is 0.255. The molecule has 0 saturated heterocycles. The van der Waals surface area contributed by atoms with E-state index in [2.05, 4.69) is 29.2 Å². The minimum Gasteiger partial charge on any atom is -0.395 e. The summed E-state index contributed by atoms with van der Waals surface area (Å²) >= 11 is 8.45. The van der Waals surface area contributed by atoms with Crippen LogP contribution in [0.2, 0.25) is 5.02 Å². The zero-order valence-electron chi connectivity index (χ0n) is 19.7. The van der Waals surface area contributed by atoms with Gasteiger partial charge in [-0.15, -0.1) is 11.8 Å². The minimum atomic E-state index is -0.319. The number of aliphatic hydroxyl groups excluding tert-OH is 1. The third-order valence-corrected chi connectivity index (χ3v) is 7.65. The molecule has 1 fully saturated rings. The Kier molecular flexibility index (Phi) is 7.97. The molecular weight excluding hydrogens is 467 g/mol. The molecule has 0 aliphatic heterocycles. The number of imidazole rings is 1. The molecule has 1 heterocycles. The van der Waals surface area contributed by atoms with Crippen molar-refractivity contribution in [2.24, 2.45) is 5.92 Å². The maximum absolute atomic E-state index is 14.5. The van der Waals surface area contributed by atoms with Gasteiger partial charge in [0.05, 0.1) is 28.6 Å². The molecule has 1 atom stereocenters. The number of H-pyrrole nitrogens is 1.